The molecule has 0 spiro atoms. The van der Waals surface area contributed by atoms with Crippen LogP contribution in [0.3, 0.4) is 0 Å². The van der Waals surface area contributed by atoms with Crippen LogP contribution < -0.4 is 0 Å². The number of rotatable bonds is 4. The number of hydrogen-bond donors (Lipinski definition) is 8. The molecule has 2 aliphatic rings. The van der Waals surface area contributed by atoms with Gasteiger partial charge in [-0.3, -0.25) is 0 Å². The van der Waals surface area contributed by atoms with Crippen LogP contribution in [-0.2, 0) is 14.2 Å². The van der Waals surface area contributed by atoms with Crippen molar-refractivity contribution in [2.24, 2.45) is 0 Å². The zero-order chi connectivity index (χ0) is 17.3. The van der Waals surface area contributed by atoms with Gasteiger partial charge in [0.2, 0.25) is 0 Å². The molecule has 0 aromatic heterocycles. The second-order valence-electron chi connectivity index (χ2n) is 5.53. The third kappa shape index (κ3) is 3.65. The van der Waals surface area contributed by atoms with E-state index in [0.717, 1.165) is 0 Å². The van der Waals surface area contributed by atoms with Crippen molar-refractivity contribution in [3.8, 4) is 0 Å². The number of hydrogen-bond acceptors (Lipinski definition) is 11. The maximum absolute atomic E-state index is 10.00. The molecule has 136 valence electrons. The molecular formula is C12H22O11. The Bertz CT molecular complexity index is 380. The van der Waals surface area contributed by atoms with Gasteiger partial charge in [-0.05, 0) is 0 Å². The Labute approximate surface area is 130 Å². The van der Waals surface area contributed by atoms with E-state index in [9.17, 15) is 30.6 Å². The van der Waals surface area contributed by atoms with E-state index in [4.69, 9.17) is 24.4 Å². The number of aliphatic hydroxyl groups excluding tert-OH is 8. The average molecular weight is 342 g/mol. The zero-order valence-corrected chi connectivity index (χ0v) is 12.0. The fourth-order valence-electron chi connectivity index (χ4n) is 2.56. The SMILES string of the molecule is OC[C@H]1O[C@H](O[C@@H]2[C@H](O)[C@@H](CO)OC(O)[C@@H]2O)[C@H](O)[C@@H](O)[C@@H]1O. The van der Waals surface area contributed by atoms with Crippen molar-refractivity contribution in [1.29, 1.82) is 0 Å². The Hall–Kier alpha value is -0.440. The molecule has 0 aliphatic carbocycles. The van der Waals surface area contributed by atoms with Gasteiger partial charge in [0.05, 0.1) is 13.2 Å². The standard InChI is InChI=1S/C12H22O11/c13-1-3-5(15)7(17)8(18)12(22-3)23-10-6(16)4(2-14)21-11(20)9(10)19/h3-20H,1-2H2/t3-,4-,5-,6-,7+,8-,9-,10-,11?,12-/m1/s1. The van der Waals surface area contributed by atoms with E-state index in [-0.39, 0.29) is 0 Å². The first kappa shape index (κ1) is 18.9. The van der Waals surface area contributed by atoms with Crippen molar-refractivity contribution < 1.29 is 55.1 Å². The third-order valence-corrected chi connectivity index (χ3v) is 3.98. The molecule has 2 saturated heterocycles. The van der Waals surface area contributed by atoms with E-state index in [1.807, 2.05) is 0 Å². The zero-order valence-electron chi connectivity index (χ0n) is 12.0. The maximum atomic E-state index is 10.00. The van der Waals surface area contributed by atoms with Crippen molar-refractivity contribution in [2.45, 2.75) is 61.4 Å². The van der Waals surface area contributed by atoms with Crippen LogP contribution in [0, 0.1) is 0 Å². The topological polar surface area (TPSA) is 190 Å². The highest BCUT2D eigenvalue weighted by Gasteiger charge is 2.50. The van der Waals surface area contributed by atoms with Gasteiger partial charge < -0.3 is 55.1 Å². The molecule has 23 heavy (non-hydrogen) atoms. The smallest absolute Gasteiger partial charge is 0.187 e. The van der Waals surface area contributed by atoms with Crippen LogP contribution in [0.5, 0.6) is 0 Å². The van der Waals surface area contributed by atoms with Gasteiger partial charge in [0.1, 0.15) is 48.8 Å². The van der Waals surface area contributed by atoms with Crippen LogP contribution in [-0.4, -0.2) is 115 Å². The van der Waals surface area contributed by atoms with Gasteiger partial charge in [0.25, 0.3) is 0 Å². The first-order valence-electron chi connectivity index (χ1n) is 7.08. The molecule has 0 radical (unpaired) electrons. The van der Waals surface area contributed by atoms with Crippen LogP contribution in [0.4, 0.5) is 0 Å². The van der Waals surface area contributed by atoms with Crippen molar-refractivity contribution in [3.63, 3.8) is 0 Å². The van der Waals surface area contributed by atoms with Crippen LogP contribution in [0.25, 0.3) is 0 Å². The lowest BCUT2D eigenvalue weighted by atomic mass is 9.97. The van der Waals surface area contributed by atoms with Crippen molar-refractivity contribution in [1.82, 2.24) is 0 Å². The lowest BCUT2D eigenvalue weighted by Crippen LogP contribution is -2.64. The lowest BCUT2D eigenvalue weighted by Gasteiger charge is -2.45. The molecule has 0 aromatic rings. The Balaban J connectivity index is 2.11. The summed E-state index contributed by atoms with van der Waals surface area (Å²) < 4.78 is 15.1. The third-order valence-electron chi connectivity index (χ3n) is 3.98. The van der Waals surface area contributed by atoms with Gasteiger partial charge in [-0.15, -0.1) is 0 Å². The second kappa shape index (κ2) is 7.63. The molecule has 2 heterocycles. The first-order chi connectivity index (χ1) is 10.8. The number of ether oxygens (including phenoxy) is 3. The fourth-order valence-corrected chi connectivity index (χ4v) is 2.56. The van der Waals surface area contributed by atoms with E-state index in [1.165, 1.54) is 0 Å². The normalized spacial score (nSPS) is 51.7. The Morgan fingerprint density at radius 3 is 1.78 bits per heavy atom. The van der Waals surface area contributed by atoms with Crippen LogP contribution in [0.15, 0.2) is 0 Å². The van der Waals surface area contributed by atoms with Crippen LogP contribution in [0.2, 0.25) is 0 Å². The summed E-state index contributed by atoms with van der Waals surface area (Å²) in [4.78, 5) is 0. The fraction of sp³-hybridized carbons (Fsp3) is 1.00. The summed E-state index contributed by atoms with van der Waals surface area (Å²) in [6, 6.07) is 0. The molecule has 0 aromatic carbocycles. The van der Waals surface area contributed by atoms with Crippen LogP contribution >= 0.6 is 0 Å². The predicted octanol–water partition coefficient (Wildman–Crippen LogP) is -5.40. The lowest BCUT2D eigenvalue weighted by molar-refractivity contribution is -0.355. The molecule has 0 saturated carbocycles. The minimum absolute atomic E-state index is 0.667. The summed E-state index contributed by atoms with van der Waals surface area (Å²) in [6.07, 6.45) is -15.7. The predicted molar refractivity (Wildman–Crippen MR) is 68.6 cm³/mol. The van der Waals surface area contributed by atoms with Gasteiger partial charge in [-0.2, -0.15) is 0 Å². The second-order valence-corrected chi connectivity index (χ2v) is 5.53. The summed E-state index contributed by atoms with van der Waals surface area (Å²) in [7, 11) is 0. The molecule has 0 amide bonds. The highest BCUT2D eigenvalue weighted by Crippen LogP contribution is 2.28. The Morgan fingerprint density at radius 1 is 0.652 bits per heavy atom. The molecule has 11 heteroatoms. The molecule has 11 nitrogen and oxygen atoms in total. The van der Waals surface area contributed by atoms with E-state index < -0.39 is 74.6 Å². The van der Waals surface area contributed by atoms with Gasteiger partial charge in [-0.25, -0.2) is 0 Å². The first-order valence-corrected chi connectivity index (χ1v) is 7.08. The Kier molecular flexibility index (Phi) is 6.27. The van der Waals surface area contributed by atoms with Crippen molar-refractivity contribution >= 4 is 0 Å². The van der Waals surface area contributed by atoms with Gasteiger partial charge in [0, 0.05) is 0 Å². The minimum atomic E-state index is -1.76. The van der Waals surface area contributed by atoms with E-state index in [0.29, 0.717) is 0 Å². The van der Waals surface area contributed by atoms with Crippen molar-refractivity contribution in [2.75, 3.05) is 13.2 Å². The minimum Gasteiger partial charge on any atom is -0.394 e. The number of aliphatic hydroxyl groups is 8. The molecule has 1 unspecified atom stereocenters. The van der Waals surface area contributed by atoms with E-state index in [2.05, 4.69) is 0 Å². The van der Waals surface area contributed by atoms with Crippen molar-refractivity contribution in [3.05, 3.63) is 0 Å². The molecule has 2 aliphatic heterocycles. The van der Waals surface area contributed by atoms with E-state index >= 15 is 0 Å². The molecule has 10 atom stereocenters. The molecular weight excluding hydrogens is 320 g/mol. The molecule has 2 fully saturated rings. The Morgan fingerprint density at radius 2 is 1.22 bits per heavy atom. The summed E-state index contributed by atoms with van der Waals surface area (Å²) in [6.45, 7) is -1.34. The maximum Gasteiger partial charge on any atom is 0.187 e. The van der Waals surface area contributed by atoms with Gasteiger partial charge in [-0.1, -0.05) is 0 Å². The quantitative estimate of drug-likeness (QED) is 0.243. The largest absolute Gasteiger partial charge is 0.394 e. The summed E-state index contributed by atoms with van der Waals surface area (Å²) in [5.41, 5.74) is 0. The molecule has 0 bridgehead atoms. The van der Waals surface area contributed by atoms with Crippen LogP contribution in [0.1, 0.15) is 0 Å². The van der Waals surface area contributed by atoms with E-state index in [1.54, 1.807) is 0 Å². The summed E-state index contributed by atoms with van der Waals surface area (Å²) in [5, 5.41) is 76.8. The summed E-state index contributed by atoms with van der Waals surface area (Å²) in [5.74, 6) is 0. The molecule has 8 N–H and O–H groups in total. The highest BCUT2D eigenvalue weighted by atomic mass is 16.7. The highest BCUT2D eigenvalue weighted by molar-refractivity contribution is 4.93. The van der Waals surface area contributed by atoms with Gasteiger partial charge in [0.15, 0.2) is 12.6 Å². The van der Waals surface area contributed by atoms with Gasteiger partial charge >= 0.3 is 0 Å². The monoisotopic (exact) mass is 342 g/mol. The molecule has 2 rings (SSSR count). The summed E-state index contributed by atoms with van der Waals surface area (Å²) >= 11 is 0. The average Bonchev–Trinajstić information content (AvgIpc) is 2.54.